The molecule has 1 N–H and O–H groups in total. The van der Waals surface area contributed by atoms with Crippen LogP contribution in [0, 0.1) is 0 Å². The zero-order valence-electron chi connectivity index (χ0n) is 16.6. The first kappa shape index (κ1) is 22.0. The highest BCUT2D eigenvalue weighted by molar-refractivity contribution is 7.87. The third-order valence-electron chi connectivity index (χ3n) is 3.88. The monoisotopic (exact) mass is 444 g/mol. The van der Waals surface area contributed by atoms with Gasteiger partial charge in [0.2, 0.25) is 0 Å². The molecule has 0 aromatic heterocycles. The Morgan fingerprint density at radius 1 is 0.806 bits per heavy atom. The average Bonchev–Trinajstić information content (AvgIpc) is 2.75. The summed E-state index contributed by atoms with van der Waals surface area (Å²) in [6.45, 7) is 1.83. The number of ether oxygens (including phenoxy) is 3. The van der Waals surface area contributed by atoms with Crippen molar-refractivity contribution in [2.45, 2.75) is 11.8 Å². The minimum absolute atomic E-state index is 0.00364. The van der Waals surface area contributed by atoms with E-state index in [1.807, 2.05) is 6.92 Å². The summed E-state index contributed by atoms with van der Waals surface area (Å²) >= 11 is 0. The van der Waals surface area contributed by atoms with Crippen molar-refractivity contribution in [2.24, 2.45) is 0 Å². The van der Waals surface area contributed by atoms with Crippen LogP contribution in [-0.2, 0) is 14.9 Å². The second kappa shape index (κ2) is 9.86. The molecule has 9 heteroatoms. The van der Waals surface area contributed by atoms with Gasteiger partial charge in [0.25, 0.3) is 0 Å². The third kappa shape index (κ3) is 6.13. The highest BCUT2D eigenvalue weighted by Gasteiger charge is 2.19. The maximum Gasteiger partial charge on any atom is 0.341 e. The molecule has 0 fully saturated rings. The predicted molar refractivity (Wildman–Crippen MR) is 112 cm³/mol. The highest BCUT2D eigenvalue weighted by Crippen LogP contribution is 2.30. The molecule has 3 rings (SSSR count). The van der Waals surface area contributed by atoms with E-state index in [2.05, 4.69) is 0 Å². The molecule has 3 aromatic rings. The van der Waals surface area contributed by atoms with Gasteiger partial charge in [-0.05, 0) is 67.6 Å². The Labute approximate surface area is 179 Å². The second-order valence-electron chi connectivity index (χ2n) is 6.14. The maximum absolute atomic E-state index is 12.6. The molecule has 0 atom stereocenters. The molecule has 8 nitrogen and oxygen atoms in total. The van der Waals surface area contributed by atoms with Crippen LogP contribution in [0.5, 0.6) is 28.7 Å². The first-order chi connectivity index (χ1) is 14.9. The van der Waals surface area contributed by atoms with Crippen molar-refractivity contribution in [2.75, 3.05) is 13.2 Å². The summed E-state index contributed by atoms with van der Waals surface area (Å²) in [5.74, 6) is 0.428. The van der Waals surface area contributed by atoms with Crippen LogP contribution in [0.25, 0.3) is 0 Å². The molecule has 162 valence electrons. The summed E-state index contributed by atoms with van der Waals surface area (Å²) < 4.78 is 46.5. The molecule has 0 heterocycles. The highest BCUT2D eigenvalue weighted by atomic mass is 32.2. The molecule has 0 bridgehead atoms. The number of hydrogen-bond acceptors (Lipinski definition) is 7. The largest absolute Gasteiger partial charge is 0.494 e. The number of carboxylic acids is 1. The molecule has 0 aliphatic heterocycles. The molecule has 0 aliphatic carbocycles. The summed E-state index contributed by atoms with van der Waals surface area (Å²) in [6.07, 6.45) is 0. The molecule has 31 heavy (non-hydrogen) atoms. The van der Waals surface area contributed by atoms with Gasteiger partial charge in [0.15, 0.2) is 18.1 Å². The summed E-state index contributed by atoms with van der Waals surface area (Å²) in [7, 11) is -4.18. The fourth-order valence-electron chi connectivity index (χ4n) is 2.53. The van der Waals surface area contributed by atoms with Gasteiger partial charge in [-0.1, -0.05) is 12.1 Å². The van der Waals surface area contributed by atoms with Gasteiger partial charge in [-0.15, -0.1) is 0 Å². The van der Waals surface area contributed by atoms with E-state index in [9.17, 15) is 13.2 Å². The SMILES string of the molecule is CCOc1ccc(Oc2ccc(S(=O)(=O)Oc3ccccc3OCC(=O)O)cc2)cc1. The van der Waals surface area contributed by atoms with Gasteiger partial charge in [0, 0.05) is 0 Å². The smallest absolute Gasteiger partial charge is 0.341 e. The van der Waals surface area contributed by atoms with Gasteiger partial charge in [0.1, 0.15) is 22.1 Å². The molecule has 0 aliphatic rings. The summed E-state index contributed by atoms with van der Waals surface area (Å²) in [5, 5.41) is 8.74. The first-order valence-electron chi connectivity index (χ1n) is 9.26. The normalized spacial score (nSPS) is 10.9. The van der Waals surface area contributed by atoms with E-state index < -0.39 is 22.7 Å². The van der Waals surface area contributed by atoms with Crippen molar-refractivity contribution >= 4 is 16.1 Å². The number of aliphatic carboxylic acids is 1. The Hall–Kier alpha value is -3.72. The zero-order chi connectivity index (χ0) is 22.3. The van der Waals surface area contributed by atoms with E-state index in [1.165, 1.54) is 36.4 Å². The second-order valence-corrected chi connectivity index (χ2v) is 7.69. The lowest BCUT2D eigenvalue weighted by Crippen LogP contribution is -2.13. The molecular weight excluding hydrogens is 424 g/mol. The Kier molecular flexibility index (Phi) is 6.99. The number of benzene rings is 3. The lowest BCUT2D eigenvalue weighted by molar-refractivity contribution is -0.139. The van der Waals surface area contributed by atoms with E-state index in [0.717, 1.165) is 5.75 Å². The van der Waals surface area contributed by atoms with Crippen molar-refractivity contribution in [1.29, 1.82) is 0 Å². The van der Waals surface area contributed by atoms with E-state index >= 15 is 0 Å². The molecule has 3 aromatic carbocycles. The Morgan fingerprint density at radius 2 is 1.35 bits per heavy atom. The number of carbonyl (C=O) groups is 1. The number of para-hydroxylation sites is 2. The fourth-order valence-corrected chi connectivity index (χ4v) is 3.46. The van der Waals surface area contributed by atoms with Gasteiger partial charge in [-0.25, -0.2) is 4.79 Å². The van der Waals surface area contributed by atoms with Crippen molar-refractivity contribution < 1.29 is 36.7 Å². The number of carboxylic acid groups (broad SMARTS) is 1. The summed E-state index contributed by atoms with van der Waals surface area (Å²) in [6, 6.07) is 18.6. The summed E-state index contributed by atoms with van der Waals surface area (Å²) in [4.78, 5) is 10.6. The van der Waals surface area contributed by atoms with E-state index in [1.54, 1.807) is 36.4 Å². The van der Waals surface area contributed by atoms with Crippen LogP contribution in [0.2, 0.25) is 0 Å². The average molecular weight is 444 g/mol. The molecule has 0 saturated carbocycles. The number of hydrogen-bond donors (Lipinski definition) is 1. The fraction of sp³-hybridized carbons (Fsp3) is 0.136. The van der Waals surface area contributed by atoms with Gasteiger partial charge in [0.05, 0.1) is 6.61 Å². The number of rotatable bonds is 10. The topological polar surface area (TPSA) is 108 Å². The van der Waals surface area contributed by atoms with Crippen LogP contribution in [-0.4, -0.2) is 32.7 Å². The van der Waals surface area contributed by atoms with Crippen LogP contribution in [0.3, 0.4) is 0 Å². The standard InChI is InChI=1S/C22H20O8S/c1-2-27-16-7-9-17(10-8-16)29-18-11-13-19(14-12-18)31(25,26)30-21-6-4-3-5-20(21)28-15-22(23)24/h3-14H,2,15H2,1H3,(H,23,24). The molecular formula is C22H20O8S. The van der Waals surface area contributed by atoms with E-state index in [-0.39, 0.29) is 16.4 Å². The Balaban J connectivity index is 1.71. The van der Waals surface area contributed by atoms with Crippen molar-refractivity contribution in [3.05, 3.63) is 72.8 Å². The molecule has 0 saturated heterocycles. The van der Waals surface area contributed by atoms with Crippen molar-refractivity contribution in [1.82, 2.24) is 0 Å². The van der Waals surface area contributed by atoms with Crippen LogP contribution >= 0.6 is 0 Å². The predicted octanol–water partition coefficient (Wildman–Crippen LogP) is 4.11. The van der Waals surface area contributed by atoms with Crippen LogP contribution in [0.4, 0.5) is 0 Å². The lowest BCUT2D eigenvalue weighted by Gasteiger charge is -2.12. The molecule has 0 unspecified atom stereocenters. The molecule has 0 spiro atoms. The van der Waals surface area contributed by atoms with E-state index in [4.69, 9.17) is 23.5 Å². The van der Waals surface area contributed by atoms with Gasteiger partial charge >= 0.3 is 16.1 Å². The molecule has 0 amide bonds. The Morgan fingerprint density at radius 3 is 1.94 bits per heavy atom. The van der Waals surface area contributed by atoms with Crippen LogP contribution < -0.4 is 18.4 Å². The van der Waals surface area contributed by atoms with Crippen molar-refractivity contribution in [3.8, 4) is 28.7 Å². The maximum atomic E-state index is 12.6. The summed E-state index contributed by atoms with van der Waals surface area (Å²) in [5.41, 5.74) is 0. The first-order valence-corrected chi connectivity index (χ1v) is 10.7. The minimum atomic E-state index is -4.18. The van der Waals surface area contributed by atoms with Gasteiger partial charge < -0.3 is 23.5 Å². The Bertz CT molecular complexity index is 1120. The lowest BCUT2D eigenvalue weighted by atomic mass is 10.3. The minimum Gasteiger partial charge on any atom is -0.494 e. The van der Waals surface area contributed by atoms with Gasteiger partial charge in [-0.3, -0.25) is 0 Å². The quantitative estimate of drug-likeness (QED) is 0.466. The molecule has 0 radical (unpaired) electrons. The van der Waals surface area contributed by atoms with Crippen LogP contribution in [0.15, 0.2) is 77.7 Å². The van der Waals surface area contributed by atoms with Gasteiger partial charge in [-0.2, -0.15) is 8.42 Å². The van der Waals surface area contributed by atoms with Crippen LogP contribution in [0.1, 0.15) is 6.92 Å². The van der Waals surface area contributed by atoms with E-state index in [0.29, 0.717) is 18.1 Å². The zero-order valence-corrected chi connectivity index (χ0v) is 17.4. The van der Waals surface area contributed by atoms with Crippen molar-refractivity contribution in [3.63, 3.8) is 0 Å². The third-order valence-corrected chi connectivity index (χ3v) is 5.13.